The molecule has 2 aromatic rings. The molecular formula is C19H24BrN5O2. The number of fused-ring (bicyclic) bond motifs is 1. The van der Waals surface area contributed by atoms with Gasteiger partial charge in [-0.25, -0.2) is 19.7 Å². The predicted octanol–water partition coefficient (Wildman–Crippen LogP) is 3.78. The molecule has 7 nitrogen and oxygen atoms in total. The van der Waals surface area contributed by atoms with Crippen LogP contribution in [-0.2, 0) is 0 Å². The number of nitrogens with zero attached hydrogens (tertiary/aromatic N) is 5. The Kier molecular flexibility index (Phi) is 4.29. The Bertz CT molecular complexity index is 889. The average molecular weight is 434 g/mol. The van der Waals surface area contributed by atoms with Crippen molar-refractivity contribution in [1.29, 1.82) is 0 Å². The van der Waals surface area contributed by atoms with E-state index < -0.39 is 6.09 Å². The van der Waals surface area contributed by atoms with Gasteiger partial charge in [-0.3, -0.25) is 0 Å². The van der Waals surface area contributed by atoms with E-state index in [9.17, 15) is 9.90 Å². The zero-order valence-electron chi connectivity index (χ0n) is 15.8. The fraction of sp³-hybridized carbons (Fsp3) is 0.579. The van der Waals surface area contributed by atoms with Crippen molar-refractivity contribution in [1.82, 2.24) is 19.9 Å². The van der Waals surface area contributed by atoms with Gasteiger partial charge in [-0.2, -0.15) is 0 Å². The van der Waals surface area contributed by atoms with Crippen molar-refractivity contribution in [2.45, 2.75) is 39.7 Å². The van der Waals surface area contributed by atoms with Gasteiger partial charge in [-0.1, -0.05) is 20.8 Å². The molecule has 1 spiro atoms. The number of hydrogen-bond donors (Lipinski definition) is 1. The van der Waals surface area contributed by atoms with Crippen LogP contribution in [0.1, 0.15) is 33.6 Å². The summed E-state index contributed by atoms with van der Waals surface area (Å²) in [7, 11) is 0. The quantitative estimate of drug-likeness (QED) is 0.736. The van der Waals surface area contributed by atoms with Crippen LogP contribution in [0.25, 0.3) is 11.0 Å². The molecule has 1 amide bonds. The van der Waals surface area contributed by atoms with Crippen LogP contribution in [0.15, 0.2) is 23.1 Å². The van der Waals surface area contributed by atoms with Gasteiger partial charge in [0.15, 0.2) is 5.65 Å². The van der Waals surface area contributed by atoms with Crippen molar-refractivity contribution in [2.24, 2.45) is 10.8 Å². The zero-order chi connectivity index (χ0) is 19.4. The largest absolute Gasteiger partial charge is 0.465 e. The van der Waals surface area contributed by atoms with Crippen LogP contribution >= 0.6 is 15.9 Å². The van der Waals surface area contributed by atoms with Crippen LogP contribution in [0.3, 0.4) is 0 Å². The molecule has 1 atom stereocenters. The number of hydrogen-bond acceptors (Lipinski definition) is 5. The highest BCUT2D eigenvalue weighted by Crippen LogP contribution is 2.54. The van der Waals surface area contributed by atoms with Crippen molar-refractivity contribution >= 4 is 38.9 Å². The summed E-state index contributed by atoms with van der Waals surface area (Å²) in [5, 5.41) is 10.2. The molecule has 0 radical (unpaired) electrons. The topological polar surface area (TPSA) is 82.5 Å². The molecule has 0 aromatic carbocycles. The van der Waals surface area contributed by atoms with E-state index in [0.29, 0.717) is 18.7 Å². The van der Waals surface area contributed by atoms with Gasteiger partial charge in [0.2, 0.25) is 0 Å². The lowest BCUT2D eigenvalue weighted by Gasteiger charge is -2.65. The Morgan fingerprint density at radius 1 is 1.26 bits per heavy atom. The third kappa shape index (κ3) is 3.03. The van der Waals surface area contributed by atoms with E-state index in [4.69, 9.17) is 0 Å². The molecule has 2 fully saturated rings. The summed E-state index contributed by atoms with van der Waals surface area (Å²) < 4.78 is 0.906. The first kappa shape index (κ1) is 18.4. The van der Waals surface area contributed by atoms with Crippen molar-refractivity contribution in [3.05, 3.63) is 23.1 Å². The Morgan fingerprint density at radius 2 is 1.96 bits per heavy atom. The molecule has 0 saturated carbocycles. The number of anilines is 1. The minimum absolute atomic E-state index is 0.0420. The van der Waals surface area contributed by atoms with E-state index >= 15 is 0 Å². The lowest BCUT2D eigenvalue weighted by atomic mass is 9.57. The molecule has 27 heavy (non-hydrogen) atoms. The van der Waals surface area contributed by atoms with Gasteiger partial charge in [-0.05, 0) is 40.3 Å². The van der Waals surface area contributed by atoms with E-state index in [0.717, 1.165) is 35.1 Å². The van der Waals surface area contributed by atoms with E-state index in [1.54, 1.807) is 12.5 Å². The molecule has 2 aliphatic rings. The van der Waals surface area contributed by atoms with Crippen LogP contribution in [0.2, 0.25) is 0 Å². The summed E-state index contributed by atoms with van der Waals surface area (Å²) in [5.74, 6) is 0.917. The van der Waals surface area contributed by atoms with Crippen LogP contribution in [0, 0.1) is 10.8 Å². The van der Waals surface area contributed by atoms with Gasteiger partial charge >= 0.3 is 6.09 Å². The van der Waals surface area contributed by atoms with Crippen LogP contribution < -0.4 is 4.90 Å². The molecule has 4 rings (SSSR count). The molecule has 2 aromatic heterocycles. The van der Waals surface area contributed by atoms with Gasteiger partial charge in [-0.15, -0.1) is 0 Å². The molecule has 2 aliphatic heterocycles. The molecule has 2 saturated heterocycles. The van der Waals surface area contributed by atoms with Gasteiger partial charge in [0.05, 0.1) is 5.39 Å². The molecule has 144 valence electrons. The number of carbonyl (C=O) groups is 1. The molecule has 4 heterocycles. The second-order valence-electron chi connectivity index (χ2n) is 8.75. The first-order valence-corrected chi connectivity index (χ1v) is 10.0. The highest BCUT2D eigenvalue weighted by atomic mass is 79.9. The third-order valence-electron chi connectivity index (χ3n) is 5.93. The standard InChI is InChI=1S/C19H24BrN5O2/c1-18(2,3)16-19(4-6-24(7-5-19)17(26)27)10-25(16)15-13-8-12(20)9-21-14(13)22-11-23-15/h8-9,11,16H,4-7,10H2,1-3H3,(H,26,27). The summed E-state index contributed by atoms with van der Waals surface area (Å²) in [5.41, 5.74) is 0.860. The summed E-state index contributed by atoms with van der Waals surface area (Å²) in [4.78, 5) is 28.5. The van der Waals surface area contributed by atoms with Crippen LogP contribution in [-0.4, -0.2) is 56.7 Å². The number of aromatic nitrogens is 3. The maximum atomic E-state index is 11.3. The smallest absolute Gasteiger partial charge is 0.407 e. The fourth-order valence-corrected chi connectivity index (χ4v) is 5.36. The van der Waals surface area contributed by atoms with Crippen molar-refractivity contribution < 1.29 is 9.90 Å². The highest BCUT2D eigenvalue weighted by Gasteiger charge is 2.58. The number of carboxylic acid groups (broad SMARTS) is 1. The molecule has 1 N–H and O–H groups in total. The Labute approximate surface area is 166 Å². The maximum absolute atomic E-state index is 11.3. The van der Waals surface area contributed by atoms with E-state index in [2.05, 4.69) is 56.6 Å². The van der Waals surface area contributed by atoms with Crippen LogP contribution in [0.4, 0.5) is 10.6 Å². The second-order valence-corrected chi connectivity index (χ2v) is 9.67. The van der Waals surface area contributed by atoms with Crippen molar-refractivity contribution in [3.63, 3.8) is 0 Å². The Balaban J connectivity index is 1.70. The normalized spacial score (nSPS) is 22.1. The summed E-state index contributed by atoms with van der Waals surface area (Å²) in [6, 6.07) is 2.31. The van der Waals surface area contributed by atoms with Crippen molar-refractivity contribution in [2.75, 3.05) is 24.5 Å². The lowest BCUT2D eigenvalue weighted by molar-refractivity contribution is -0.0102. The molecular weight excluding hydrogens is 410 g/mol. The van der Waals surface area contributed by atoms with Crippen LogP contribution in [0.5, 0.6) is 0 Å². The van der Waals surface area contributed by atoms with E-state index in [-0.39, 0.29) is 16.9 Å². The van der Waals surface area contributed by atoms with E-state index in [1.807, 2.05) is 6.07 Å². The minimum Gasteiger partial charge on any atom is -0.465 e. The average Bonchev–Trinajstić information content (AvgIpc) is 2.58. The van der Waals surface area contributed by atoms with Gasteiger partial charge in [0.25, 0.3) is 0 Å². The minimum atomic E-state index is -0.814. The predicted molar refractivity (Wildman–Crippen MR) is 107 cm³/mol. The van der Waals surface area contributed by atoms with Gasteiger partial charge < -0.3 is 14.9 Å². The SMILES string of the molecule is CC(C)(C)C1N(c2ncnc3ncc(Br)cc23)CC12CCN(C(=O)O)CC2. The molecule has 1 unspecified atom stereocenters. The second kappa shape index (κ2) is 6.29. The Hall–Kier alpha value is -1.96. The third-order valence-corrected chi connectivity index (χ3v) is 6.37. The highest BCUT2D eigenvalue weighted by molar-refractivity contribution is 9.10. The van der Waals surface area contributed by atoms with Crippen molar-refractivity contribution in [3.8, 4) is 0 Å². The molecule has 0 bridgehead atoms. The summed E-state index contributed by atoms with van der Waals surface area (Å²) in [6.07, 6.45) is 4.30. The summed E-state index contributed by atoms with van der Waals surface area (Å²) >= 11 is 3.50. The fourth-order valence-electron chi connectivity index (χ4n) is 5.03. The number of amides is 1. The summed E-state index contributed by atoms with van der Waals surface area (Å²) in [6.45, 7) is 8.87. The molecule has 0 aliphatic carbocycles. The zero-order valence-corrected chi connectivity index (χ0v) is 17.4. The van der Waals surface area contributed by atoms with Gasteiger partial charge in [0.1, 0.15) is 12.1 Å². The first-order chi connectivity index (χ1) is 12.7. The number of pyridine rings is 1. The monoisotopic (exact) mass is 433 g/mol. The number of piperidine rings is 1. The number of likely N-dealkylation sites (tertiary alicyclic amines) is 1. The van der Waals surface area contributed by atoms with Gasteiger partial charge in [0, 0.05) is 41.8 Å². The maximum Gasteiger partial charge on any atom is 0.407 e. The number of rotatable bonds is 1. The number of halogens is 1. The first-order valence-electron chi connectivity index (χ1n) is 9.22. The lowest BCUT2D eigenvalue weighted by Crippen LogP contribution is -2.72. The Morgan fingerprint density at radius 3 is 2.59 bits per heavy atom. The molecule has 8 heteroatoms. The van der Waals surface area contributed by atoms with E-state index in [1.165, 1.54) is 4.90 Å².